The summed E-state index contributed by atoms with van der Waals surface area (Å²) in [6.07, 6.45) is 6.32. The molecule has 3 heterocycles. The molecule has 218 valence electrons. The third-order valence-corrected chi connectivity index (χ3v) is 8.20. The number of hydrogen-bond donors (Lipinski definition) is 1. The highest BCUT2D eigenvalue weighted by Crippen LogP contribution is 2.52. The Bertz CT molecular complexity index is 1170. The van der Waals surface area contributed by atoms with Crippen molar-refractivity contribution >= 4 is 85.9 Å². The minimum absolute atomic E-state index is 0. The molecule has 3 aliphatic rings. The van der Waals surface area contributed by atoms with Gasteiger partial charge in [-0.25, -0.2) is 9.97 Å². The van der Waals surface area contributed by atoms with Crippen LogP contribution in [-0.2, 0) is 24.9 Å². The Hall–Kier alpha value is -1.02. The molecule has 1 spiro atoms. The molecule has 6 rings (SSSR count). The van der Waals surface area contributed by atoms with Gasteiger partial charge in [0.05, 0.1) is 0 Å². The lowest BCUT2D eigenvalue weighted by Crippen LogP contribution is -2.44. The van der Waals surface area contributed by atoms with Gasteiger partial charge < -0.3 is 10.6 Å². The molecule has 1 fully saturated rings. The molecule has 5 nitrogen and oxygen atoms in total. The molecular formula is C28H39Cl6N5. The largest absolute Gasteiger partial charge is 0.326 e. The fourth-order valence-electron chi connectivity index (χ4n) is 6.48. The minimum atomic E-state index is 0. The number of benzene rings is 2. The number of fused-ring (bicyclic) bond motifs is 3. The van der Waals surface area contributed by atoms with Crippen LogP contribution in [0.3, 0.4) is 0 Å². The van der Waals surface area contributed by atoms with E-state index in [4.69, 9.17) is 10.7 Å². The molecular weight excluding hydrogens is 619 g/mol. The zero-order chi connectivity index (χ0) is 22.4. The molecule has 0 saturated carbocycles. The van der Waals surface area contributed by atoms with Crippen LogP contribution in [0.4, 0.5) is 11.5 Å². The van der Waals surface area contributed by atoms with E-state index in [-0.39, 0.29) is 79.9 Å². The number of nitrogens with zero attached hydrogens (tertiary/aromatic N) is 4. The molecule has 39 heavy (non-hydrogen) atoms. The highest BCUT2D eigenvalue weighted by Gasteiger charge is 2.47. The van der Waals surface area contributed by atoms with Gasteiger partial charge in [-0.15, -0.1) is 74.4 Å². The smallest absolute Gasteiger partial charge is 0.140 e. The molecule has 2 aliphatic heterocycles. The number of halogens is 6. The fourth-order valence-corrected chi connectivity index (χ4v) is 6.48. The monoisotopic (exact) mass is 655 g/mol. The van der Waals surface area contributed by atoms with Crippen molar-refractivity contribution in [1.29, 1.82) is 0 Å². The lowest BCUT2D eigenvalue weighted by atomic mass is 9.72. The van der Waals surface area contributed by atoms with E-state index >= 15 is 0 Å². The fraction of sp³-hybridized carbons (Fsp3) is 0.429. The lowest BCUT2D eigenvalue weighted by molar-refractivity contribution is 0.160. The zero-order valence-electron chi connectivity index (χ0n) is 22.0. The van der Waals surface area contributed by atoms with Gasteiger partial charge in [-0.3, -0.25) is 4.90 Å². The van der Waals surface area contributed by atoms with Crippen molar-refractivity contribution in [2.75, 3.05) is 24.5 Å². The summed E-state index contributed by atoms with van der Waals surface area (Å²) in [6.45, 7) is 7.16. The van der Waals surface area contributed by atoms with Crippen LogP contribution in [0.1, 0.15) is 60.1 Å². The van der Waals surface area contributed by atoms with Crippen LogP contribution >= 0.6 is 74.4 Å². The summed E-state index contributed by atoms with van der Waals surface area (Å²) in [6, 6.07) is 17.5. The quantitative estimate of drug-likeness (QED) is 0.322. The second-order valence-corrected chi connectivity index (χ2v) is 10.1. The summed E-state index contributed by atoms with van der Waals surface area (Å²) in [5.41, 5.74) is 14.5. The molecule has 0 amide bonds. The third-order valence-electron chi connectivity index (χ3n) is 8.20. The van der Waals surface area contributed by atoms with E-state index in [0.717, 1.165) is 51.3 Å². The maximum atomic E-state index is 6.28. The van der Waals surface area contributed by atoms with Crippen molar-refractivity contribution in [2.45, 2.75) is 57.0 Å². The first-order chi connectivity index (χ1) is 16.2. The number of aromatic nitrogens is 2. The van der Waals surface area contributed by atoms with Crippen LogP contribution in [-0.4, -0.2) is 34.5 Å². The molecule has 11 heteroatoms. The third kappa shape index (κ3) is 6.90. The molecule has 1 atom stereocenters. The van der Waals surface area contributed by atoms with Crippen LogP contribution in [0.25, 0.3) is 0 Å². The highest BCUT2D eigenvalue weighted by atomic mass is 35.5. The van der Waals surface area contributed by atoms with E-state index in [9.17, 15) is 0 Å². The predicted molar refractivity (Wildman–Crippen MR) is 176 cm³/mol. The molecule has 1 saturated heterocycles. The molecule has 2 aromatic carbocycles. The van der Waals surface area contributed by atoms with Gasteiger partial charge >= 0.3 is 0 Å². The van der Waals surface area contributed by atoms with Gasteiger partial charge in [0.2, 0.25) is 0 Å². The number of aryl methyl sites for hydroxylation is 1. The lowest BCUT2D eigenvalue weighted by Gasteiger charge is -2.40. The summed E-state index contributed by atoms with van der Waals surface area (Å²) in [5, 5.41) is 0. The maximum Gasteiger partial charge on any atom is 0.140 e. The van der Waals surface area contributed by atoms with E-state index < -0.39 is 0 Å². The van der Waals surface area contributed by atoms with E-state index in [1.165, 1.54) is 40.1 Å². The minimum Gasteiger partial charge on any atom is -0.326 e. The number of likely N-dealkylation sites (tertiary alicyclic amines) is 1. The Labute approximate surface area is 269 Å². The second kappa shape index (κ2) is 15.8. The van der Waals surface area contributed by atoms with Crippen molar-refractivity contribution in [3.63, 3.8) is 0 Å². The summed E-state index contributed by atoms with van der Waals surface area (Å²) in [5.74, 6) is 1.64. The van der Waals surface area contributed by atoms with E-state index in [1.54, 1.807) is 6.33 Å². The van der Waals surface area contributed by atoms with E-state index in [1.807, 2.05) is 0 Å². The highest BCUT2D eigenvalue weighted by molar-refractivity contribution is 5.86. The molecule has 0 radical (unpaired) electrons. The van der Waals surface area contributed by atoms with Crippen molar-refractivity contribution in [1.82, 2.24) is 14.9 Å². The molecule has 3 aromatic rings. The van der Waals surface area contributed by atoms with Crippen molar-refractivity contribution < 1.29 is 0 Å². The summed E-state index contributed by atoms with van der Waals surface area (Å²) in [7, 11) is 0. The molecule has 0 bridgehead atoms. The van der Waals surface area contributed by atoms with E-state index in [0.29, 0.717) is 12.5 Å². The average Bonchev–Trinajstić information content (AvgIpc) is 3.40. The van der Waals surface area contributed by atoms with Crippen molar-refractivity contribution in [2.24, 2.45) is 5.73 Å². The summed E-state index contributed by atoms with van der Waals surface area (Å²) < 4.78 is 0. The zero-order valence-corrected chi connectivity index (χ0v) is 26.9. The van der Waals surface area contributed by atoms with Crippen LogP contribution < -0.4 is 10.6 Å². The number of piperidine rings is 1. The van der Waals surface area contributed by atoms with E-state index in [2.05, 4.69) is 70.2 Å². The Kier molecular flexibility index (Phi) is 15.4. The standard InChI is InChI=1S/C28H33N5.6ClH/c1-20-10-11-23-25(20)27(31-19-30-23)33-18-28(26-22(16-29)8-5-9-24(26)33)12-14-32(15-13-28)17-21-6-3-2-4-7-21;;;;;;/h2-9,19-20H,10-18,29H2,1H3;6*1H. The van der Waals surface area contributed by atoms with Crippen LogP contribution in [0.5, 0.6) is 0 Å². The van der Waals surface area contributed by atoms with Crippen LogP contribution in [0, 0.1) is 0 Å². The normalized spacial score (nSPS) is 18.1. The van der Waals surface area contributed by atoms with Gasteiger partial charge in [0.1, 0.15) is 12.1 Å². The molecule has 1 aromatic heterocycles. The van der Waals surface area contributed by atoms with Crippen molar-refractivity contribution in [3.05, 3.63) is 82.8 Å². The average molecular weight is 658 g/mol. The Balaban J connectivity index is 0.00000241. The van der Waals surface area contributed by atoms with Gasteiger partial charge in [0.25, 0.3) is 0 Å². The summed E-state index contributed by atoms with van der Waals surface area (Å²) >= 11 is 0. The predicted octanol–water partition coefficient (Wildman–Crippen LogP) is 7.20. The molecule has 1 unspecified atom stereocenters. The van der Waals surface area contributed by atoms with Gasteiger partial charge in [-0.05, 0) is 67.4 Å². The molecule has 2 N–H and O–H groups in total. The first-order valence-corrected chi connectivity index (χ1v) is 12.4. The Morgan fingerprint density at radius 1 is 0.897 bits per heavy atom. The number of anilines is 2. The van der Waals surface area contributed by atoms with Gasteiger partial charge in [0.15, 0.2) is 0 Å². The maximum absolute atomic E-state index is 6.28. The van der Waals surface area contributed by atoms with Crippen LogP contribution in [0.2, 0.25) is 0 Å². The molecule has 1 aliphatic carbocycles. The Morgan fingerprint density at radius 2 is 1.59 bits per heavy atom. The number of nitrogens with two attached hydrogens (primary N) is 1. The van der Waals surface area contributed by atoms with Gasteiger partial charge in [-0.1, -0.05) is 49.4 Å². The SMILES string of the molecule is CC1CCc2ncnc(N3CC4(CCN(Cc5ccccc5)CC4)c4c(CN)cccc43)c21.Cl.Cl.Cl.Cl.Cl.Cl. The number of rotatable bonds is 4. The van der Waals surface area contributed by atoms with Crippen LogP contribution in [0.15, 0.2) is 54.9 Å². The topological polar surface area (TPSA) is 58.3 Å². The summed E-state index contributed by atoms with van der Waals surface area (Å²) in [4.78, 5) is 14.6. The first kappa shape index (κ1) is 38.0. The first-order valence-electron chi connectivity index (χ1n) is 12.4. The second-order valence-electron chi connectivity index (χ2n) is 10.1. The Morgan fingerprint density at radius 3 is 2.26 bits per heavy atom. The number of hydrogen-bond acceptors (Lipinski definition) is 5. The van der Waals surface area contributed by atoms with Crippen molar-refractivity contribution in [3.8, 4) is 0 Å². The van der Waals surface area contributed by atoms with Gasteiger partial charge in [0, 0.05) is 42.0 Å². The van der Waals surface area contributed by atoms with Gasteiger partial charge in [-0.2, -0.15) is 0 Å².